The molecular weight excluding hydrogens is 290 g/mol. The fraction of sp³-hybridized carbons (Fsp3) is 0.267. The van der Waals surface area contributed by atoms with Crippen molar-refractivity contribution in [1.82, 2.24) is 0 Å². The molecule has 21 heavy (non-hydrogen) atoms. The molecule has 0 spiro atoms. The van der Waals surface area contributed by atoms with Gasteiger partial charge < -0.3 is 4.42 Å². The number of furan rings is 1. The molecule has 2 rings (SSSR count). The monoisotopic (exact) mass is 307 g/mol. The number of ketones is 1. The van der Waals surface area contributed by atoms with E-state index in [2.05, 4.69) is 4.72 Å². The average molecular weight is 307 g/mol. The molecule has 112 valence electrons. The predicted molar refractivity (Wildman–Crippen MR) is 81.0 cm³/mol. The number of aryl methyl sites for hydroxylation is 1. The fourth-order valence-corrected chi connectivity index (χ4v) is 2.41. The van der Waals surface area contributed by atoms with Crippen molar-refractivity contribution in [2.24, 2.45) is 0 Å². The Balaban J connectivity index is 2.17. The largest absolute Gasteiger partial charge is 0.458 e. The Labute approximate surface area is 124 Å². The predicted octanol–water partition coefficient (Wildman–Crippen LogP) is 2.83. The van der Waals surface area contributed by atoms with Crippen LogP contribution in [0.1, 0.15) is 35.7 Å². The first-order valence-corrected chi connectivity index (χ1v) is 8.34. The summed E-state index contributed by atoms with van der Waals surface area (Å²) in [6.45, 7) is 3.50. The molecule has 1 heterocycles. The Morgan fingerprint density at radius 2 is 1.76 bits per heavy atom. The topological polar surface area (TPSA) is 76.4 Å². The number of nitrogens with one attached hydrogen (secondary N) is 1. The molecule has 0 saturated heterocycles. The Morgan fingerprint density at radius 3 is 2.29 bits per heavy atom. The summed E-state index contributed by atoms with van der Waals surface area (Å²) in [5.41, 5.74) is 0.883. The molecule has 0 unspecified atom stereocenters. The molecular formula is C15H17NO4S. The molecule has 1 aromatic carbocycles. The summed E-state index contributed by atoms with van der Waals surface area (Å²) in [5, 5.41) is 0. The van der Waals surface area contributed by atoms with E-state index in [9.17, 15) is 13.2 Å². The van der Waals surface area contributed by atoms with Crippen LogP contribution in [0.3, 0.4) is 0 Å². The average Bonchev–Trinajstić information content (AvgIpc) is 2.96. The van der Waals surface area contributed by atoms with Gasteiger partial charge in [-0.25, -0.2) is 8.42 Å². The minimum absolute atomic E-state index is 0.000127. The summed E-state index contributed by atoms with van der Waals surface area (Å²) in [7, 11) is -3.31. The van der Waals surface area contributed by atoms with Gasteiger partial charge >= 0.3 is 0 Å². The van der Waals surface area contributed by atoms with Crippen LogP contribution < -0.4 is 4.72 Å². The summed E-state index contributed by atoms with van der Waals surface area (Å²) in [6.07, 6.45) is 0.727. The van der Waals surface area contributed by atoms with Gasteiger partial charge in [0.25, 0.3) is 0 Å². The van der Waals surface area contributed by atoms with Gasteiger partial charge in [0.1, 0.15) is 5.76 Å². The van der Waals surface area contributed by atoms with Gasteiger partial charge in [-0.1, -0.05) is 6.92 Å². The van der Waals surface area contributed by atoms with Gasteiger partial charge in [-0.2, -0.15) is 0 Å². The Bertz CT molecular complexity index is 729. The number of hydrogen-bond donors (Lipinski definition) is 1. The highest BCUT2D eigenvalue weighted by molar-refractivity contribution is 7.92. The third-order valence-corrected chi connectivity index (χ3v) is 4.34. The van der Waals surface area contributed by atoms with E-state index in [1.165, 1.54) is 0 Å². The Morgan fingerprint density at radius 1 is 1.10 bits per heavy atom. The number of sulfonamides is 1. The normalized spacial score (nSPS) is 11.3. The van der Waals surface area contributed by atoms with Gasteiger partial charge in [-0.3, -0.25) is 9.52 Å². The molecule has 2 aromatic rings. The molecule has 5 nitrogen and oxygen atoms in total. The number of anilines is 1. The lowest BCUT2D eigenvalue weighted by Crippen LogP contribution is -2.14. The SMILES string of the molecule is CCc1ccc(C(=O)c2ccc(NS(=O)(=O)CC)cc2)o1. The molecule has 6 heteroatoms. The van der Waals surface area contributed by atoms with Crippen LogP contribution >= 0.6 is 0 Å². The molecule has 0 radical (unpaired) electrons. The molecule has 1 aromatic heterocycles. The van der Waals surface area contributed by atoms with Crippen molar-refractivity contribution >= 4 is 21.5 Å². The van der Waals surface area contributed by atoms with Gasteiger partial charge in [-0.15, -0.1) is 0 Å². The molecule has 0 aliphatic rings. The van der Waals surface area contributed by atoms with Crippen molar-refractivity contribution in [2.75, 3.05) is 10.5 Å². The zero-order valence-corrected chi connectivity index (χ0v) is 12.7. The second-order valence-corrected chi connectivity index (χ2v) is 6.54. The van der Waals surface area contributed by atoms with Crippen LogP contribution in [0.2, 0.25) is 0 Å². The van der Waals surface area contributed by atoms with Crippen LogP contribution in [0.25, 0.3) is 0 Å². The van der Waals surface area contributed by atoms with E-state index in [0.717, 1.165) is 12.2 Å². The molecule has 1 N–H and O–H groups in total. The van der Waals surface area contributed by atoms with Crippen LogP contribution in [-0.4, -0.2) is 20.0 Å². The third-order valence-electron chi connectivity index (χ3n) is 3.03. The first-order valence-electron chi connectivity index (χ1n) is 6.69. The lowest BCUT2D eigenvalue weighted by molar-refractivity contribution is 0.101. The molecule has 0 atom stereocenters. The van der Waals surface area contributed by atoms with E-state index in [1.807, 2.05) is 6.92 Å². The van der Waals surface area contributed by atoms with Gasteiger partial charge in [0.15, 0.2) is 5.76 Å². The summed E-state index contributed by atoms with van der Waals surface area (Å²) >= 11 is 0. The van der Waals surface area contributed by atoms with E-state index < -0.39 is 10.0 Å². The first kappa shape index (κ1) is 15.3. The Hall–Kier alpha value is -2.08. The maximum Gasteiger partial charge on any atom is 0.232 e. The molecule has 0 amide bonds. The fourth-order valence-electron chi connectivity index (χ4n) is 1.77. The number of rotatable bonds is 6. The van der Waals surface area contributed by atoms with E-state index in [4.69, 9.17) is 4.42 Å². The van der Waals surface area contributed by atoms with Gasteiger partial charge in [-0.05, 0) is 43.3 Å². The second kappa shape index (κ2) is 6.13. The van der Waals surface area contributed by atoms with Crippen LogP contribution in [0, 0.1) is 0 Å². The zero-order chi connectivity index (χ0) is 15.5. The van der Waals surface area contributed by atoms with Crippen LogP contribution in [0.15, 0.2) is 40.8 Å². The molecule has 0 aliphatic carbocycles. The van der Waals surface area contributed by atoms with E-state index >= 15 is 0 Å². The quantitative estimate of drug-likeness (QED) is 0.833. The van der Waals surface area contributed by atoms with Gasteiger partial charge in [0.05, 0.1) is 5.75 Å². The second-order valence-electron chi connectivity index (χ2n) is 4.53. The molecule has 0 fully saturated rings. The smallest absolute Gasteiger partial charge is 0.232 e. The summed E-state index contributed by atoms with van der Waals surface area (Å²) in [5.74, 6) is 0.818. The van der Waals surface area contributed by atoms with E-state index in [0.29, 0.717) is 11.3 Å². The highest BCUT2D eigenvalue weighted by atomic mass is 32.2. The van der Waals surface area contributed by atoms with Crippen molar-refractivity contribution in [2.45, 2.75) is 20.3 Å². The van der Waals surface area contributed by atoms with Crippen LogP contribution in [-0.2, 0) is 16.4 Å². The van der Waals surface area contributed by atoms with E-state index in [1.54, 1.807) is 43.3 Å². The van der Waals surface area contributed by atoms with Crippen molar-refractivity contribution in [1.29, 1.82) is 0 Å². The summed E-state index contributed by atoms with van der Waals surface area (Å²) in [4.78, 5) is 12.2. The van der Waals surface area contributed by atoms with Crippen molar-refractivity contribution < 1.29 is 17.6 Å². The number of carbonyl (C=O) groups is 1. The minimum Gasteiger partial charge on any atom is -0.458 e. The number of carbonyl (C=O) groups excluding carboxylic acids is 1. The van der Waals surface area contributed by atoms with Gasteiger partial charge in [0.2, 0.25) is 15.8 Å². The maximum absolute atomic E-state index is 12.2. The van der Waals surface area contributed by atoms with Crippen molar-refractivity contribution in [3.05, 3.63) is 53.5 Å². The summed E-state index contributed by atoms with van der Waals surface area (Å²) < 4.78 is 30.7. The maximum atomic E-state index is 12.2. The standard InChI is InChI=1S/C15H17NO4S/c1-3-13-9-10-14(20-13)15(17)11-5-7-12(8-6-11)16-21(18,19)4-2/h5-10,16H,3-4H2,1-2H3. The van der Waals surface area contributed by atoms with E-state index in [-0.39, 0.29) is 17.3 Å². The van der Waals surface area contributed by atoms with Crippen LogP contribution in [0.4, 0.5) is 5.69 Å². The molecule has 0 bridgehead atoms. The number of hydrogen-bond acceptors (Lipinski definition) is 4. The number of benzene rings is 1. The zero-order valence-electron chi connectivity index (χ0n) is 11.9. The van der Waals surface area contributed by atoms with Crippen LogP contribution in [0.5, 0.6) is 0 Å². The highest BCUT2D eigenvalue weighted by Gasteiger charge is 2.14. The lowest BCUT2D eigenvalue weighted by Gasteiger charge is -2.06. The molecule has 0 aliphatic heterocycles. The highest BCUT2D eigenvalue weighted by Crippen LogP contribution is 2.17. The molecule has 0 saturated carbocycles. The Kier molecular flexibility index (Phi) is 4.47. The van der Waals surface area contributed by atoms with Crippen molar-refractivity contribution in [3.8, 4) is 0 Å². The van der Waals surface area contributed by atoms with Crippen molar-refractivity contribution in [3.63, 3.8) is 0 Å². The first-order chi connectivity index (χ1) is 9.95. The third kappa shape index (κ3) is 3.72. The lowest BCUT2D eigenvalue weighted by atomic mass is 10.1. The van der Waals surface area contributed by atoms with Gasteiger partial charge in [0, 0.05) is 17.7 Å². The summed E-state index contributed by atoms with van der Waals surface area (Å²) in [6, 6.07) is 9.69. The minimum atomic E-state index is -3.31.